The molecule has 1 aliphatic carbocycles. The standard InChI is InChI=1S/C22H21N2O2/c1-2-26-21-12-18-16-10-6-7-11-17(16)22(21)20-14-24(25)19(13-23(18)20)15-8-4-3-5-9-15/h3-11,13-14,18,21-22H,2,12H2,1H3/q+1. The van der Waals surface area contributed by atoms with Crippen LogP contribution in [0.1, 0.15) is 42.1 Å². The maximum atomic E-state index is 12.8. The first-order valence-electron chi connectivity index (χ1n) is 9.22. The number of fused-ring (bicyclic) bond motifs is 1. The summed E-state index contributed by atoms with van der Waals surface area (Å²) < 4.78 is 9.36. The number of hydrogen-bond donors (Lipinski definition) is 0. The van der Waals surface area contributed by atoms with Gasteiger partial charge in [-0.25, -0.2) is 0 Å². The van der Waals surface area contributed by atoms with Gasteiger partial charge in [-0.3, -0.25) is 0 Å². The van der Waals surface area contributed by atoms with Gasteiger partial charge in [-0.05, 0) is 36.6 Å². The second-order valence-electron chi connectivity index (χ2n) is 7.02. The van der Waals surface area contributed by atoms with Gasteiger partial charge in [0.15, 0.2) is 0 Å². The summed E-state index contributed by atoms with van der Waals surface area (Å²) >= 11 is 0. The molecule has 4 nitrogen and oxygen atoms in total. The molecule has 2 bridgehead atoms. The summed E-state index contributed by atoms with van der Waals surface area (Å²) in [7, 11) is 0. The highest BCUT2D eigenvalue weighted by molar-refractivity contribution is 5.56. The molecule has 3 heterocycles. The van der Waals surface area contributed by atoms with Crippen molar-refractivity contribution < 1.29 is 9.16 Å². The summed E-state index contributed by atoms with van der Waals surface area (Å²) in [6, 6.07) is 18.6. The fraction of sp³-hybridized carbons (Fsp3) is 0.273. The molecule has 26 heavy (non-hydrogen) atoms. The van der Waals surface area contributed by atoms with Crippen LogP contribution in [0.2, 0.25) is 0 Å². The van der Waals surface area contributed by atoms with Gasteiger partial charge in [0.1, 0.15) is 0 Å². The highest BCUT2D eigenvalue weighted by Crippen LogP contribution is 2.49. The Balaban J connectivity index is 1.72. The normalized spacial score (nSPS) is 22.7. The minimum absolute atomic E-state index is 0.112. The summed E-state index contributed by atoms with van der Waals surface area (Å²) in [6.45, 7) is 2.73. The van der Waals surface area contributed by atoms with E-state index in [4.69, 9.17) is 4.74 Å². The largest absolute Gasteiger partial charge is 0.377 e. The zero-order valence-corrected chi connectivity index (χ0v) is 14.7. The predicted octanol–water partition coefficient (Wildman–Crippen LogP) is 3.91. The van der Waals surface area contributed by atoms with Crippen LogP contribution in [0.15, 0.2) is 67.0 Å². The molecule has 0 fully saturated rings. The number of rotatable bonds is 3. The Morgan fingerprint density at radius 1 is 1.08 bits per heavy atom. The molecule has 130 valence electrons. The van der Waals surface area contributed by atoms with E-state index in [0.29, 0.717) is 12.3 Å². The van der Waals surface area contributed by atoms with E-state index in [9.17, 15) is 4.91 Å². The van der Waals surface area contributed by atoms with Crippen LogP contribution in [0.3, 0.4) is 0 Å². The molecular formula is C22H21N2O2+. The zero-order valence-electron chi connectivity index (χ0n) is 14.7. The fourth-order valence-electron chi connectivity index (χ4n) is 4.61. The Kier molecular flexibility index (Phi) is 3.54. The average Bonchev–Trinajstić information content (AvgIpc) is 2.68. The van der Waals surface area contributed by atoms with Crippen molar-refractivity contribution in [2.75, 3.05) is 6.61 Å². The molecule has 6 rings (SSSR count). The van der Waals surface area contributed by atoms with E-state index < -0.39 is 0 Å². The van der Waals surface area contributed by atoms with E-state index in [-0.39, 0.29) is 18.1 Å². The van der Waals surface area contributed by atoms with Gasteiger partial charge in [0.2, 0.25) is 6.20 Å². The van der Waals surface area contributed by atoms with E-state index in [0.717, 1.165) is 22.1 Å². The van der Waals surface area contributed by atoms with Crippen LogP contribution in [-0.4, -0.2) is 17.3 Å². The molecule has 3 unspecified atom stereocenters. The van der Waals surface area contributed by atoms with E-state index in [1.165, 1.54) is 11.1 Å². The third-order valence-corrected chi connectivity index (χ3v) is 5.67. The van der Waals surface area contributed by atoms with E-state index in [1.807, 2.05) is 43.5 Å². The van der Waals surface area contributed by atoms with Crippen molar-refractivity contribution in [3.63, 3.8) is 0 Å². The van der Waals surface area contributed by atoms with Crippen molar-refractivity contribution in [2.45, 2.75) is 31.4 Å². The lowest BCUT2D eigenvalue weighted by molar-refractivity contribution is -0.484. The van der Waals surface area contributed by atoms with Crippen LogP contribution in [0.25, 0.3) is 11.3 Å². The number of aromatic nitrogens is 2. The highest BCUT2D eigenvalue weighted by Gasteiger charge is 2.45. The van der Waals surface area contributed by atoms with Crippen LogP contribution >= 0.6 is 0 Å². The van der Waals surface area contributed by atoms with Crippen molar-refractivity contribution in [3.05, 3.63) is 88.7 Å². The summed E-state index contributed by atoms with van der Waals surface area (Å²) in [6.07, 6.45) is 4.85. The van der Waals surface area contributed by atoms with Gasteiger partial charge < -0.3 is 9.30 Å². The molecule has 0 amide bonds. The molecule has 1 aromatic heterocycles. The summed E-state index contributed by atoms with van der Waals surface area (Å²) in [4.78, 5) is 12.8. The second kappa shape index (κ2) is 5.92. The minimum Gasteiger partial charge on any atom is -0.377 e. The van der Waals surface area contributed by atoms with Gasteiger partial charge in [0, 0.05) is 11.5 Å². The number of ether oxygens (including phenoxy) is 1. The molecule has 0 saturated carbocycles. The maximum absolute atomic E-state index is 12.8. The average molecular weight is 345 g/mol. The van der Waals surface area contributed by atoms with Crippen molar-refractivity contribution >= 4 is 0 Å². The number of hydrogen-bond acceptors (Lipinski definition) is 2. The summed E-state index contributed by atoms with van der Waals surface area (Å²) in [5.74, 6) is 0.112. The molecule has 3 aliphatic rings. The second-order valence-corrected chi connectivity index (χ2v) is 7.02. The lowest BCUT2D eigenvalue weighted by Gasteiger charge is -2.45. The van der Waals surface area contributed by atoms with Gasteiger partial charge in [-0.15, -0.1) is 0 Å². The lowest BCUT2D eigenvalue weighted by atomic mass is 9.72. The molecular weight excluding hydrogens is 324 g/mol. The summed E-state index contributed by atoms with van der Waals surface area (Å²) in [5.41, 5.74) is 5.33. The number of nitrogens with zero attached hydrogens (tertiary/aromatic N) is 2. The third-order valence-electron chi connectivity index (χ3n) is 5.67. The van der Waals surface area contributed by atoms with Crippen LogP contribution in [0.4, 0.5) is 0 Å². The molecule has 0 spiro atoms. The van der Waals surface area contributed by atoms with E-state index in [2.05, 4.69) is 28.8 Å². The molecule has 0 radical (unpaired) electrons. The molecule has 0 saturated heterocycles. The molecule has 2 aromatic carbocycles. The van der Waals surface area contributed by atoms with Crippen molar-refractivity contribution in [1.82, 2.24) is 4.57 Å². The Bertz CT molecular complexity index is 1030. The van der Waals surface area contributed by atoms with E-state index >= 15 is 0 Å². The molecule has 4 heteroatoms. The van der Waals surface area contributed by atoms with E-state index in [1.54, 1.807) is 6.20 Å². The molecule has 3 aromatic rings. The van der Waals surface area contributed by atoms with Crippen LogP contribution in [-0.2, 0) is 4.74 Å². The Morgan fingerprint density at radius 3 is 2.58 bits per heavy atom. The van der Waals surface area contributed by atoms with Crippen molar-refractivity contribution in [2.24, 2.45) is 0 Å². The third kappa shape index (κ3) is 2.19. The van der Waals surface area contributed by atoms with Crippen LogP contribution < -0.4 is 4.43 Å². The van der Waals surface area contributed by atoms with Gasteiger partial charge in [-0.1, -0.05) is 42.5 Å². The maximum Gasteiger partial charge on any atom is 0.286 e. The SMILES string of the molecule is CCOC1CC2c3ccccc3C1c1c[n+](=O)c(-c3ccccc3)cn12. The smallest absolute Gasteiger partial charge is 0.286 e. The van der Waals surface area contributed by atoms with Gasteiger partial charge in [0.25, 0.3) is 5.69 Å². The summed E-state index contributed by atoms with van der Waals surface area (Å²) in [5, 5.41) is 0. The molecule has 2 aliphatic heterocycles. The van der Waals surface area contributed by atoms with Crippen molar-refractivity contribution in [3.8, 4) is 11.3 Å². The first-order chi connectivity index (χ1) is 12.8. The number of benzene rings is 2. The monoisotopic (exact) mass is 345 g/mol. The van der Waals surface area contributed by atoms with Gasteiger partial charge in [0.05, 0.1) is 39.9 Å². The quantitative estimate of drug-likeness (QED) is 0.675. The fourth-order valence-corrected chi connectivity index (χ4v) is 4.61. The Labute approximate surface area is 152 Å². The Hall–Kier alpha value is -2.72. The topological polar surface area (TPSA) is 37.1 Å². The predicted molar refractivity (Wildman–Crippen MR) is 99.7 cm³/mol. The lowest BCUT2D eigenvalue weighted by Crippen LogP contribution is -2.43. The molecule has 0 N–H and O–H groups in total. The van der Waals surface area contributed by atoms with Crippen LogP contribution in [0, 0.1) is 4.91 Å². The van der Waals surface area contributed by atoms with Gasteiger partial charge >= 0.3 is 0 Å². The highest BCUT2D eigenvalue weighted by atomic mass is 16.5. The zero-order chi connectivity index (χ0) is 17.7. The first kappa shape index (κ1) is 15.5. The minimum atomic E-state index is 0.112. The van der Waals surface area contributed by atoms with Gasteiger partial charge in [-0.2, -0.15) is 0 Å². The van der Waals surface area contributed by atoms with Crippen LogP contribution in [0.5, 0.6) is 0 Å². The van der Waals surface area contributed by atoms with Crippen molar-refractivity contribution in [1.29, 1.82) is 0 Å². The molecule has 3 atom stereocenters. The Morgan fingerprint density at radius 2 is 1.81 bits per heavy atom. The first-order valence-corrected chi connectivity index (χ1v) is 9.22.